The predicted molar refractivity (Wildman–Crippen MR) is 146 cm³/mol. The molecule has 0 aliphatic rings. The zero-order chi connectivity index (χ0) is 24.7. The van der Waals surface area contributed by atoms with Gasteiger partial charge in [-0.3, -0.25) is 0 Å². The molecule has 5 aromatic rings. The Balaban J connectivity index is 1.23. The molecule has 4 nitrogen and oxygen atoms in total. The molecule has 0 saturated heterocycles. The van der Waals surface area contributed by atoms with Gasteiger partial charge in [-0.1, -0.05) is 84.9 Å². The van der Waals surface area contributed by atoms with Crippen molar-refractivity contribution in [2.24, 2.45) is 0 Å². The fraction of sp³-hybridized carbons (Fsp3) is 0.156. The molecule has 0 radical (unpaired) electrons. The summed E-state index contributed by atoms with van der Waals surface area (Å²) in [5, 5.41) is 4.84. The second-order valence-electron chi connectivity index (χ2n) is 8.98. The number of nitrogens with zero attached hydrogens (tertiary/aromatic N) is 1. The van der Waals surface area contributed by atoms with E-state index in [0.717, 1.165) is 31.6 Å². The third kappa shape index (κ3) is 5.40. The first-order valence-corrected chi connectivity index (χ1v) is 12.3. The fourth-order valence-electron chi connectivity index (χ4n) is 4.62. The Bertz CT molecular complexity index is 1440. The molecule has 180 valence electrons. The van der Waals surface area contributed by atoms with E-state index in [9.17, 15) is 4.79 Å². The van der Waals surface area contributed by atoms with Crippen LogP contribution < -0.4 is 5.32 Å². The molecule has 0 aliphatic carbocycles. The van der Waals surface area contributed by atoms with Gasteiger partial charge in [-0.25, -0.2) is 4.79 Å². The summed E-state index contributed by atoms with van der Waals surface area (Å²) in [6, 6.07) is 35.5. The lowest BCUT2D eigenvalue weighted by Gasteiger charge is -2.07. The minimum atomic E-state index is -0.307. The van der Waals surface area contributed by atoms with Crippen molar-refractivity contribution in [1.29, 1.82) is 0 Å². The maximum atomic E-state index is 11.6. The predicted octanol–water partition coefficient (Wildman–Crippen LogP) is 6.48. The summed E-state index contributed by atoms with van der Waals surface area (Å²) in [5.41, 5.74) is 8.09. The summed E-state index contributed by atoms with van der Waals surface area (Å²) in [5.74, 6) is -0.307. The number of aromatic nitrogens is 1. The average Bonchev–Trinajstić information content (AvgIpc) is 3.29. The molecule has 5 rings (SSSR count). The number of rotatable bonds is 9. The number of fused-ring (bicyclic) bond motifs is 1. The van der Waals surface area contributed by atoms with E-state index in [1.54, 1.807) is 0 Å². The third-order valence-corrected chi connectivity index (χ3v) is 6.56. The molecular weight excluding hydrogens is 444 g/mol. The molecule has 0 bridgehead atoms. The molecule has 1 aromatic heterocycles. The number of benzene rings is 4. The van der Waals surface area contributed by atoms with Crippen molar-refractivity contribution in [1.82, 2.24) is 9.88 Å². The largest absolute Gasteiger partial charge is 0.465 e. The zero-order valence-electron chi connectivity index (χ0n) is 20.5. The van der Waals surface area contributed by atoms with Gasteiger partial charge in [-0.15, -0.1) is 0 Å². The van der Waals surface area contributed by atoms with Crippen molar-refractivity contribution in [2.45, 2.75) is 19.5 Å². The summed E-state index contributed by atoms with van der Waals surface area (Å²) in [6.45, 7) is 2.47. The normalized spacial score (nSPS) is 11.0. The Hall–Kier alpha value is -4.15. The molecule has 0 unspecified atom stereocenters. The van der Waals surface area contributed by atoms with Crippen molar-refractivity contribution in [3.05, 3.63) is 132 Å². The summed E-state index contributed by atoms with van der Waals surface area (Å²) < 4.78 is 7.12. The Morgan fingerprint density at radius 3 is 2.19 bits per heavy atom. The van der Waals surface area contributed by atoms with Gasteiger partial charge in [0.1, 0.15) is 0 Å². The maximum absolute atomic E-state index is 11.6. The van der Waals surface area contributed by atoms with E-state index in [1.165, 1.54) is 40.3 Å². The molecule has 4 aromatic carbocycles. The average molecular weight is 475 g/mol. The van der Waals surface area contributed by atoms with E-state index in [0.29, 0.717) is 5.56 Å². The van der Waals surface area contributed by atoms with Gasteiger partial charge in [0, 0.05) is 30.2 Å². The summed E-state index contributed by atoms with van der Waals surface area (Å²) in [4.78, 5) is 11.6. The monoisotopic (exact) mass is 474 g/mol. The Morgan fingerprint density at radius 1 is 0.778 bits per heavy atom. The highest BCUT2D eigenvalue weighted by molar-refractivity contribution is 5.89. The van der Waals surface area contributed by atoms with Gasteiger partial charge >= 0.3 is 5.97 Å². The minimum absolute atomic E-state index is 0.307. The highest BCUT2D eigenvalue weighted by Crippen LogP contribution is 2.24. The maximum Gasteiger partial charge on any atom is 0.337 e. The molecule has 0 fully saturated rings. The van der Waals surface area contributed by atoms with Crippen LogP contribution in [0.15, 0.2) is 109 Å². The first kappa shape index (κ1) is 23.6. The number of hydrogen-bond donors (Lipinski definition) is 1. The molecule has 0 aliphatic heterocycles. The third-order valence-electron chi connectivity index (χ3n) is 6.56. The number of esters is 1. The van der Waals surface area contributed by atoms with Crippen LogP contribution in [0.5, 0.6) is 0 Å². The number of hydrogen-bond acceptors (Lipinski definition) is 3. The standard InChI is InChI=1S/C32H30N2O2/c1-36-32(35)28-17-11-24(12-18-28)21-33-20-19-29-23-34(31-10-6-5-9-30(29)31)22-25-13-15-27(16-14-25)26-7-3-2-4-8-26/h2-18,23,33H,19-22H2,1H3. The fourth-order valence-corrected chi connectivity index (χ4v) is 4.62. The van der Waals surface area contributed by atoms with Crippen LogP contribution in [0.3, 0.4) is 0 Å². The van der Waals surface area contributed by atoms with E-state index < -0.39 is 0 Å². The van der Waals surface area contributed by atoms with Crippen LogP contribution >= 0.6 is 0 Å². The Labute approximate surface area is 212 Å². The van der Waals surface area contributed by atoms with Gasteiger partial charge < -0.3 is 14.6 Å². The smallest absolute Gasteiger partial charge is 0.337 e. The van der Waals surface area contributed by atoms with Crippen molar-refractivity contribution < 1.29 is 9.53 Å². The first-order chi connectivity index (χ1) is 17.7. The van der Waals surface area contributed by atoms with Gasteiger partial charge in [0.05, 0.1) is 12.7 Å². The van der Waals surface area contributed by atoms with Gasteiger partial charge in [0.2, 0.25) is 0 Å². The van der Waals surface area contributed by atoms with E-state index in [4.69, 9.17) is 4.74 Å². The molecular formula is C32H30N2O2. The van der Waals surface area contributed by atoms with Crippen LogP contribution in [0.25, 0.3) is 22.0 Å². The zero-order valence-corrected chi connectivity index (χ0v) is 20.5. The highest BCUT2D eigenvalue weighted by atomic mass is 16.5. The van der Waals surface area contributed by atoms with Crippen LogP contribution in [0, 0.1) is 0 Å². The molecule has 0 spiro atoms. The van der Waals surface area contributed by atoms with E-state index in [-0.39, 0.29) is 5.97 Å². The molecule has 0 amide bonds. The van der Waals surface area contributed by atoms with Crippen LogP contribution in [-0.2, 0) is 24.2 Å². The quantitative estimate of drug-likeness (QED) is 0.197. The topological polar surface area (TPSA) is 43.3 Å². The number of para-hydroxylation sites is 1. The second-order valence-corrected chi connectivity index (χ2v) is 8.98. The summed E-state index contributed by atoms with van der Waals surface area (Å²) in [7, 11) is 1.40. The number of carbonyl (C=O) groups is 1. The van der Waals surface area contributed by atoms with E-state index in [1.807, 2.05) is 30.3 Å². The van der Waals surface area contributed by atoms with Crippen LogP contribution in [0.1, 0.15) is 27.0 Å². The molecule has 1 heterocycles. The molecule has 0 atom stereocenters. The van der Waals surface area contributed by atoms with Crippen LogP contribution in [0.2, 0.25) is 0 Å². The van der Waals surface area contributed by atoms with Crippen molar-refractivity contribution in [2.75, 3.05) is 13.7 Å². The van der Waals surface area contributed by atoms with Crippen molar-refractivity contribution in [3.8, 4) is 11.1 Å². The summed E-state index contributed by atoms with van der Waals surface area (Å²) in [6.07, 6.45) is 3.24. The number of ether oxygens (including phenoxy) is 1. The molecule has 36 heavy (non-hydrogen) atoms. The highest BCUT2D eigenvalue weighted by Gasteiger charge is 2.09. The lowest BCUT2D eigenvalue weighted by atomic mass is 10.0. The Morgan fingerprint density at radius 2 is 1.44 bits per heavy atom. The van der Waals surface area contributed by atoms with Crippen molar-refractivity contribution in [3.63, 3.8) is 0 Å². The van der Waals surface area contributed by atoms with E-state index in [2.05, 4.69) is 88.9 Å². The summed E-state index contributed by atoms with van der Waals surface area (Å²) >= 11 is 0. The number of nitrogens with one attached hydrogen (secondary N) is 1. The first-order valence-electron chi connectivity index (χ1n) is 12.3. The van der Waals surface area contributed by atoms with E-state index >= 15 is 0 Å². The SMILES string of the molecule is COC(=O)c1ccc(CNCCc2cn(Cc3ccc(-c4ccccc4)cc3)c3ccccc23)cc1. The van der Waals surface area contributed by atoms with Gasteiger partial charge in [0.25, 0.3) is 0 Å². The molecule has 4 heteroatoms. The molecule has 0 saturated carbocycles. The lowest BCUT2D eigenvalue weighted by molar-refractivity contribution is 0.0600. The van der Waals surface area contributed by atoms with Crippen LogP contribution in [-0.4, -0.2) is 24.2 Å². The lowest BCUT2D eigenvalue weighted by Crippen LogP contribution is -2.16. The number of carbonyl (C=O) groups excluding carboxylic acids is 1. The second kappa shape index (κ2) is 11.1. The van der Waals surface area contributed by atoms with Gasteiger partial charge in [-0.05, 0) is 59.0 Å². The van der Waals surface area contributed by atoms with Gasteiger partial charge in [0.15, 0.2) is 0 Å². The number of methoxy groups -OCH3 is 1. The van der Waals surface area contributed by atoms with Gasteiger partial charge in [-0.2, -0.15) is 0 Å². The molecule has 1 N–H and O–H groups in total. The van der Waals surface area contributed by atoms with Crippen LogP contribution in [0.4, 0.5) is 0 Å². The van der Waals surface area contributed by atoms with Crippen molar-refractivity contribution >= 4 is 16.9 Å². The Kier molecular flexibility index (Phi) is 7.25. The minimum Gasteiger partial charge on any atom is -0.465 e.